The van der Waals surface area contributed by atoms with Gasteiger partial charge in [0.2, 0.25) is 0 Å². The number of pyridine rings is 1. The maximum Gasteiger partial charge on any atom is 0.407 e. The summed E-state index contributed by atoms with van der Waals surface area (Å²) >= 11 is 0. The van der Waals surface area contributed by atoms with Crippen molar-refractivity contribution in [2.45, 2.75) is 18.4 Å². The monoisotopic (exact) mass is 417 g/mol. The highest BCUT2D eigenvalue weighted by molar-refractivity contribution is 5.82. The van der Waals surface area contributed by atoms with Crippen molar-refractivity contribution in [3.63, 3.8) is 0 Å². The first-order valence-electron chi connectivity index (χ1n) is 9.97. The van der Waals surface area contributed by atoms with E-state index in [1.165, 1.54) is 7.11 Å². The minimum atomic E-state index is -0.935. The maximum absolute atomic E-state index is 12.5. The fourth-order valence-corrected chi connectivity index (χ4v) is 3.94. The molecule has 0 saturated heterocycles. The van der Waals surface area contributed by atoms with E-state index < -0.39 is 18.1 Å². The van der Waals surface area contributed by atoms with Crippen LogP contribution in [0.4, 0.5) is 10.6 Å². The van der Waals surface area contributed by atoms with Crippen LogP contribution in [-0.4, -0.2) is 36.8 Å². The molecule has 7 heteroatoms. The van der Waals surface area contributed by atoms with Gasteiger partial charge in [-0.05, 0) is 34.4 Å². The van der Waals surface area contributed by atoms with Crippen LogP contribution >= 0.6 is 0 Å². The molecule has 0 saturated carbocycles. The van der Waals surface area contributed by atoms with Gasteiger partial charge in [0, 0.05) is 18.0 Å². The van der Waals surface area contributed by atoms with Gasteiger partial charge in [-0.15, -0.1) is 0 Å². The van der Waals surface area contributed by atoms with Crippen LogP contribution in [0, 0.1) is 0 Å². The number of carbonyl (C=O) groups excluding carboxylic acids is 2. The Morgan fingerprint density at radius 2 is 1.65 bits per heavy atom. The van der Waals surface area contributed by atoms with Gasteiger partial charge in [0.05, 0.1) is 7.11 Å². The molecular formula is C24H23N3O4. The number of carbonyl (C=O) groups is 2. The Kier molecular flexibility index (Phi) is 5.84. The van der Waals surface area contributed by atoms with E-state index in [9.17, 15) is 9.59 Å². The summed E-state index contributed by atoms with van der Waals surface area (Å²) in [7, 11) is 1.27. The Bertz CT molecular complexity index is 1070. The van der Waals surface area contributed by atoms with E-state index in [0.29, 0.717) is 11.5 Å². The van der Waals surface area contributed by atoms with E-state index in [2.05, 4.69) is 22.4 Å². The molecule has 158 valence electrons. The molecular weight excluding hydrogens is 394 g/mol. The average molecular weight is 417 g/mol. The summed E-state index contributed by atoms with van der Waals surface area (Å²) in [5.41, 5.74) is 10.8. The molecule has 0 spiro atoms. The average Bonchev–Trinajstić information content (AvgIpc) is 3.10. The van der Waals surface area contributed by atoms with E-state index in [4.69, 9.17) is 15.2 Å². The lowest BCUT2D eigenvalue weighted by Gasteiger charge is -2.18. The van der Waals surface area contributed by atoms with Gasteiger partial charge < -0.3 is 20.5 Å². The van der Waals surface area contributed by atoms with Crippen molar-refractivity contribution in [3.8, 4) is 11.1 Å². The fraction of sp³-hybridized carbons (Fsp3) is 0.208. The Morgan fingerprint density at radius 3 is 2.26 bits per heavy atom. The number of hydrogen-bond acceptors (Lipinski definition) is 6. The number of ether oxygens (including phenoxy) is 2. The van der Waals surface area contributed by atoms with Crippen LogP contribution in [0.5, 0.6) is 0 Å². The molecule has 0 unspecified atom stereocenters. The first kappa shape index (κ1) is 20.4. The molecule has 0 fully saturated rings. The van der Waals surface area contributed by atoms with Crippen LogP contribution in [-0.2, 0) is 20.7 Å². The zero-order valence-electron chi connectivity index (χ0n) is 17.1. The molecule has 31 heavy (non-hydrogen) atoms. The normalized spacial score (nSPS) is 13.1. The molecule has 1 atom stereocenters. The lowest BCUT2D eigenvalue weighted by atomic mass is 9.98. The van der Waals surface area contributed by atoms with Crippen LogP contribution in [0.15, 0.2) is 66.7 Å². The SMILES string of the molecule is COC(=O)[C@H](Cc1cccc(N)n1)NC(=O)OCC1c2ccccc2-c2ccccc21. The highest BCUT2D eigenvalue weighted by Gasteiger charge is 2.30. The maximum atomic E-state index is 12.5. The van der Waals surface area contributed by atoms with Crippen LogP contribution in [0.1, 0.15) is 22.7 Å². The molecule has 1 aromatic heterocycles. The number of esters is 1. The number of nitrogen functional groups attached to an aromatic ring is 1. The summed E-state index contributed by atoms with van der Waals surface area (Å²) in [6, 6.07) is 20.4. The molecule has 1 aliphatic carbocycles. The fourth-order valence-electron chi connectivity index (χ4n) is 3.94. The summed E-state index contributed by atoms with van der Waals surface area (Å²) in [6.45, 7) is 0.157. The molecule has 1 heterocycles. The number of rotatable bonds is 6. The minimum Gasteiger partial charge on any atom is -0.467 e. The zero-order chi connectivity index (χ0) is 21.8. The summed E-state index contributed by atoms with van der Waals surface area (Å²) in [6.07, 6.45) is -0.553. The van der Waals surface area contributed by atoms with Crippen LogP contribution < -0.4 is 11.1 Å². The van der Waals surface area contributed by atoms with E-state index in [-0.39, 0.29) is 18.9 Å². The summed E-state index contributed by atoms with van der Waals surface area (Å²) in [5.74, 6) is -0.315. The first-order valence-corrected chi connectivity index (χ1v) is 9.97. The Morgan fingerprint density at radius 1 is 1.00 bits per heavy atom. The summed E-state index contributed by atoms with van der Waals surface area (Å²) in [5, 5.41) is 2.59. The van der Waals surface area contributed by atoms with Crippen LogP contribution in [0.3, 0.4) is 0 Å². The van der Waals surface area contributed by atoms with Crippen molar-refractivity contribution in [2.75, 3.05) is 19.5 Å². The van der Waals surface area contributed by atoms with E-state index in [0.717, 1.165) is 22.3 Å². The highest BCUT2D eigenvalue weighted by Crippen LogP contribution is 2.44. The topological polar surface area (TPSA) is 104 Å². The number of nitrogens with one attached hydrogen (secondary N) is 1. The van der Waals surface area contributed by atoms with Crippen LogP contribution in [0.25, 0.3) is 11.1 Å². The number of alkyl carbamates (subject to hydrolysis) is 1. The molecule has 1 amide bonds. The second kappa shape index (κ2) is 8.87. The number of methoxy groups -OCH3 is 1. The van der Waals surface area contributed by atoms with Crippen molar-refractivity contribution in [3.05, 3.63) is 83.6 Å². The van der Waals surface area contributed by atoms with Crippen molar-refractivity contribution < 1.29 is 19.1 Å². The molecule has 3 aromatic rings. The molecule has 1 aliphatic rings. The molecule has 2 aromatic carbocycles. The van der Waals surface area contributed by atoms with Gasteiger partial charge >= 0.3 is 12.1 Å². The van der Waals surface area contributed by atoms with Gasteiger partial charge in [0.25, 0.3) is 0 Å². The number of aromatic nitrogens is 1. The standard InChI is InChI=1S/C24H23N3O4/c1-30-23(28)21(13-15-7-6-12-22(25)26-15)27-24(29)31-14-20-18-10-4-2-8-16(18)17-9-3-5-11-19(17)20/h2-12,20-21H,13-14H2,1H3,(H2,25,26)(H,27,29)/t21-/m0/s1. The predicted molar refractivity (Wildman–Crippen MR) is 116 cm³/mol. The minimum absolute atomic E-state index is 0.0645. The Labute approximate surface area is 180 Å². The molecule has 0 aliphatic heterocycles. The number of fused-ring (bicyclic) bond motifs is 3. The van der Waals surface area contributed by atoms with Crippen molar-refractivity contribution in [2.24, 2.45) is 0 Å². The summed E-state index contributed by atoms with van der Waals surface area (Å²) < 4.78 is 10.3. The number of hydrogen-bond donors (Lipinski definition) is 2. The predicted octanol–water partition coefficient (Wildman–Crippen LogP) is 3.29. The van der Waals surface area contributed by atoms with Crippen LogP contribution in [0.2, 0.25) is 0 Å². The third-order valence-electron chi connectivity index (χ3n) is 5.36. The Hall–Kier alpha value is -3.87. The largest absolute Gasteiger partial charge is 0.467 e. The van der Waals surface area contributed by atoms with Gasteiger partial charge in [-0.2, -0.15) is 0 Å². The van der Waals surface area contributed by atoms with Gasteiger partial charge in [-0.3, -0.25) is 0 Å². The van der Waals surface area contributed by atoms with Crippen molar-refractivity contribution >= 4 is 17.9 Å². The first-order chi connectivity index (χ1) is 15.1. The number of benzene rings is 2. The number of nitrogens with two attached hydrogens (primary N) is 1. The lowest BCUT2D eigenvalue weighted by molar-refractivity contribution is -0.143. The molecule has 7 nitrogen and oxygen atoms in total. The van der Waals surface area contributed by atoms with E-state index in [1.54, 1.807) is 18.2 Å². The number of anilines is 1. The molecule has 3 N–H and O–H groups in total. The third kappa shape index (κ3) is 4.35. The highest BCUT2D eigenvalue weighted by atomic mass is 16.6. The van der Waals surface area contributed by atoms with Crippen molar-refractivity contribution in [1.82, 2.24) is 10.3 Å². The van der Waals surface area contributed by atoms with Gasteiger partial charge in [-0.25, -0.2) is 14.6 Å². The molecule has 4 rings (SSSR count). The molecule has 0 bridgehead atoms. The smallest absolute Gasteiger partial charge is 0.407 e. The third-order valence-corrected chi connectivity index (χ3v) is 5.36. The summed E-state index contributed by atoms with van der Waals surface area (Å²) in [4.78, 5) is 28.9. The lowest BCUT2D eigenvalue weighted by Crippen LogP contribution is -2.43. The van der Waals surface area contributed by atoms with Gasteiger partial charge in [0.1, 0.15) is 18.5 Å². The number of nitrogens with zero attached hydrogens (tertiary/aromatic N) is 1. The quantitative estimate of drug-likeness (QED) is 0.597. The van der Waals surface area contributed by atoms with Crippen molar-refractivity contribution in [1.29, 1.82) is 0 Å². The second-order valence-electron chi connectivity index (χ2n) is 7.30. The van der Waals surface area contributed by atoms with E-state index >= 15 is 0 Å². The Balaban J connectivity index is 1.45. The van der Waals surface area contributed by atoms with Gasteiger partial charge in [0.15, 0.2) is 0 Å². The molecule has 0 radical (unpaired) electrons. The number of amides is 1. The zero-order valence-corrected chi connectivity index (χ0v) is 17.1. The van der Waals surface area contributed by atoms with Gasteiger partial charge in [-0.1, -0.05) is 54.6 Å². The second-order valence-corrected chi connectivity index (χ2v) is 7.30. The van der Waals surface area contributed by atoms with E-state index in [1.807, 2.05) is 36.4 Å².